The molecule has 0 atom stereocenters. The van der Waals surface area contributed by atoms with Crippen LogP contribution in [-0.4, -0.2) is 52.6 Å². The average molecular weight is 392 g/mol. The number of halogens is 1. The van der Waals surface area contributed by atoms with Crippen molar-refractivity contribution in [1.29, 1.82) is 0 Å². The SMILES string of the molecule is COC(=O)C1=C(C(=O)OC)N(c2ccc(N3CCCCCC3)c(F)c2)COC1. The number of hydrogen-bond acceptors (Lipinski definition) is 7. The molecule has 0 unspecified atom stereocenters. The van der Waals surface area contributed by atoms with E-state index in [4.69, 9.17) is 14.2 Å². The van der Waals surface area contributed by atoms with E-state index in [0.29, 0.717) is 11.4 Å². The summed E-state index contributed by atoms with van der Waals surface area (Å²) in [7, 11) is 2.44. The molecule has 1 fully saturated rings. The summed E-state index contributed by atoms with van der Waals surface area (Å²) in [5, 5.41) is 0. The molecule has 1 aromatic carbocycles. The Morgan fingerprint density at radius 2 is 1.71 bits per heavy atom. The molecule has 1 aromatic rings. The summed E-state index contributed by atoms with van der Waals surface area (Å²) in [6.45, 7) is 1.56. The summed E-state index contributed by atoms with van der Waals surface area (Å²) in [5.74, 6) is -1.78. The molecule has 7 nitrogen and oxygen atoms in total. The Bertz CT molecular complexity index is 772. The first kappa shape index (κ1) is 20.1. The Hall–Kier alpha value is -2.61. The predicted molar refractivity (Wildman–Crippen MR) is 101 cm³/mol. The second-order valence-electron chi connectivity index (χ2n) is 6.75. The Morgan fingerprint density at radius 3 is 2.32 bits per heavy atom. The van der Waals surface area contributed by atoms with Gasteiger partial charge in [-0.3, -0.25) is 0 Å². The maximum Gasteiger partial charge on any atom is 0.355 e. The van der Waals surface area contributed by atoms with Crippen LogP contribution in [0.3, 0.4) is 0 Å². The molecule has 0 radical (unpaired) electrons. The lowest BCUT2D eigenvalue weighted by atomic mass is 10.1. The third-order valence-electron chi connectivity index (χ3n) is 5.02. The van der Waals surface area contributed by atoms with Crippen LogP contribution in [0.15, 0.2) is 29.5 Å². The quantitative estimate of drug-likeness (QED) is 0.730. The van der Waals surface area contributed by atoms with E-state index in [-0.39, 0.29) is 30.4 Å². The van der Waals surface area contributed by atoms with Crippen LogP contribution in [0.4, 0.5) is 15.8 Å². The maximum atomic E-state index is 14.9. The minimum atomic E-state index is -0.708. The van der Waals surface area contributed by atoms with Crippen LogP contribution in [0.5, 0.6) is 0 Å². The van der Waals surface area contributed by atoms with E-state index in [0.717, 1.165) is 38.8 Å². The molecular weight excluding hydrogens is 367 g/mol. The van der Waals surface area contributed by atoms with Gasteiger partial charge in [0, 0.05) is 18.8 Å². The first-order valence-corrected chi connectivity index (χ1v) is 9.36. The van der Waals surface area contributed by atoms with E-state index in [9.17, 15) is 14.0 Å². The molecule has 0 aliphatic carbocycles. The van der Waals surface area contributed by atoms with Gasteiger partial charge in [0.2, 0.25) is 0 Å². The second-order valence-corrected chi connectivity index (χ2v) is 6.75. The molecule has 8 heteroatoms. The van der Waals surface area contributed by atoms with Crippen molar-refractivity contribution in [3.63, 3.8) is 0 Å². The lowest BCUT2D eigenvalue weighted by Crippen LogP contribution is -2.38. The van der Waals surface area contributed by atoms with Gasteiger partial charge in [-0.1, -0.05) is 12.8 Å². The highest BCUT2D eigenvalue weighted by Gasteiger charge is 2.32. The topological polar surface area (TPSA) is 68.3 Å². The van der Waals surface area contributed by atoms with Gasteiger partial charge in [0.15, 0.2) is 0 Å². The van der Waals surface area contributed by atoms with E-state index in [1.54, 1.807) is 12.1 Å². The van der Waals surface area contributed by atoms with Gasteiger partial charge < -0.3 is 24.0 Å². The molecule has 2 heterocycles. The summed E-state index contributed by atoms with van der Waals surface area (Å²) in [6, 6.07) is 4.78. The van der Waals surface area contributed by atoms with Crippen LogP contribution in [0.25, 0.3) is 0 Å². The van der Waals surface area contributed by atoms with Gasteiger partial charge >= 0.3 is 11.9 Å². The molecule has 152 valence electrons. The van der Waals surface area contributed by atoms with Crippen molar-refractivity contribution in [2.75, 3.05) is 50.4 Å². The summed E-state index contributed by atoms with van der Waals surface area (Å²) in [6.07, 6.45) is 4.40. The molecule has 0 spiro atoms. The van der Waals surface area contributed by atoms with Crippen molar-refractivity contribution in [3.05, 3.63) is 35.3 Å². The molecule has 2 aliphatic rings. The number of carbonyl (C=O) groups excluding carboxylic acids is 2. The highest BCUT2D eigenvalue weighted by Crippen LogP contribution is 2.31. The largest absolute Gasteiger partial charge is 0.466 e. The van der Waals surface area contributed by atoms with E-state index >= 15 is 0 Å². The number of esters is 2. The molecule has 1 saturated heterocycles. The normalized spacial score (nSPS) is 18.0. The summed E-state index contributed by atoms with van der Waals surface area (Å²) < 4.78 is 29.9. The minimum Gasteiger partial charge on any atom is -0.466 e. The highest BCUT2D eigenvalue weighted by molar-refractivity contribution is 6.03. The summed E-state index contributed by atoms with van der Waals surface area (Å²) in [4.78, 5) is 27.9. The number of ether oxygens (including phenoxy) is 3. The fourth-order valence-electron chi connectivity index (χ4n) is 3.58. The van der Waals surface area contributed by atoms with Crippen LogP contribution in [-0.2, 0) is 23.8 Å². The van der Waals surface area contributed by atoms with Crippen molar-refractivity contribution < 1.29 is 28.2 Å². The van der Waals surface area contributed by atoms with Crippen molar-refractivity contribution in [2.45, 2.75) is 25.7 Å². The maximum absolute atomic E-state index is 14.9. The fourth-order valence-corrected chi connectivity index (χ4v) is 3.58. The van der Waals surface area contributed by atoms with E-state index in [1.165, 1.54) is 25.2 Å². The Kier molecular flexibility index (Phi) is 6.51. The van der Waals surface area contributed by atoms with Crippen molar-refractivity contribution in [1.82, 2.24) is 0 Å². The monoisotopic (exact) mass is 392 g/mol. The van der Waals surface area contributed by atoms with E-state index < -0.39 is 11.9 Å². The van der Waals surface area contributed by atoms with Gasteiger partial charge in [-0.05, 0) is 31.0 Å². The predicted octanol–water partition coefficient (Wildman–Crippen LogP) is 2.60. The molecule has 2 aliphatic heterocycles. The smallest absolute Gasteiger partial charge is 0.355 e. The first-order chi connectivity index (χ1) is 13.6. The Labute approximate surface area is 163 Å². The van der Waals surface area contributed by atoms with Crippen molar-refractivity contribution >= 4 is 23.3 Å². The highest BCUT2D eigenvalue weighted by atomic mass is 19.1. The third kappa shape index (κ3) is 4.11. The van der Waals surface area contributed by atoms with Gasteiger partial charge in [0.05, 0.1) is 32.1 Å². The average Bonchev–Trinajstić information content (AvgIpc) is 3.01. The Morgan fingerprint density at radius 1 is 1.04 bits per heavy atom. The van der Waals surface area contributed by atoms with E-state index in [2.05, 4.69) is 4.90 Å². The van der Waals surface area contributed by atoms with Crippen molar-refractivity contribution in [2.24, 2.45) is 0 Å². The van der Waals surface area contributed by atoms with Crippen molar-refractivity contribution in [3.8, 4) is 0 Å². The van der Waals surface area contributed by atoms with Gasteiger partial charge in [0.1, 0.15) is 18.2 Å². The molecule has 0 saturated carbocycles. The van der Waals surface area contributed by atoms with Gasteiger partial charge in [-0.25, -0.2) is 14.0 Å². The summed E-state index contributed by atoms with van der Waals surface area (Å²) >= 11 is 0. The van der Waals surface area contributed by atoms with Crippen LogP contribution in [0, 0.1) is 5.82 Å². The molecule has 28 heavy (non-hydrogen) atoms. The van der Waals surface area contributed by atoms with Crippen LogP contribution in [0.1, 0.15) is 25.7 Å². The van der Waals surface area contributed by atoms with Crippen LogP contribution < -0.4 is 9.80 Å². The van der Waals surface area contributed by atoms with Gasteiger partial charge in [-0.15, -0.1) is 0 Å². The zero-order chi connectivity index (χ0) is 20.1. The number of rotatable bonds is 4. The molecule has 0 aromatic heterocycles. The molecule has 3 rings (SSSR count). The summed E-state index contributed by atoms with van der Waals surface area (Å²) in [5.41, 5.74) is 0.984. The number of methoxy groups -OCH3 is 2. The fraction of sp³-hybridized carbons (Fsp3) is 0.500. The number of carbonyl (C=O) groups is 2. The van der Waals surface area contributed by atoms with E-state index in [1.807, 2.05) is 0 Å². The third-order valence-corrected chi connectivity index (χ3v) is 5.02. The minimum absolute atomic E-state index is 0.00234. The lowest BCUT2D eigenvalue weighted by molar-refractivity contribution is -0.140. The number of anilines is 2. The number of benzene rings is 1. The van der Waals surface area contributed by atoms with Gasteiger partial charge in [-0.2, -0.15) is 0 Å². The molecule has 0 bridgehead atoms. The molecule has 0 N–H and O–H groups in total. The number of nitrogens with zero attached hydrogens (tertiary/aromatic N) is 2. The Balaban J connectivity index is 1.95. The van der Waals surface area contributed by atoms with Crippen LogP contribution in [0.2, 0.25) is 0 Å². The van der Waals surface area contributed by atoms with Crippen LogP contribution >= 0.6 is 0 Å². The first-order valence-electron chi connectivity index (χ1n) is 9.36. The van der Waals surface area contributed by atoms with Gasteiger partial charge in [0.25, 0.3) is 0 Å². The lowest BCUT2D eigenvalue weighted by Gasteiger charge is -2.32. The second kappa shape index (κ2) is 9.05. The molecule has 0 amide bonds. The zero-order valence-electron chi connectivity index (χ0n) is 16.2. The zero-order valence-corrected chi connectivity index (χ0v) is 16.2. The number of hydrogen-bond donors (Lipinski definition) is 0. The standard InChI is InChI=1S/C20H25FN2O5/c1-26-19(24)15-12-28-13-23(18(15)20(25)27-2)14-7-8-17(16(21)11-14)22-9-5-3-4-6-10-22/h7-8,11H,3-6,9-10,12-13H2,1-2H3. The molecular formula is C20H25FN2O5.